The van der Waals surface area contributed by atoms with Crippen LogP contribution in [0, 0.1) is 5.82 Å². The fraction of sp³-hybridized carbons (Fsp3) is 0.0769. The molecule has 0 aliphatic heterocycles. The zero-order valence-corrected chi connectivity index (χ0v) is 13.1. The summed E-state index contributed by atoms with van der Waals surface area (Å²) >= 11 is 2.98. The van der Waals surface area contributed by atoms with E-state index < -0.39 is 32.5 Å². The summed E-state index contributed by atoms with van der Waals surface area (Å²) in [6.45, 7) is 0. The number of nitrogens with one attached hydrogen (secondary N) is 1. The van der Waals surface area contributed by atoms with Crippen LogP contribution >= 0.6 is 15.9 Å². The van der Waals surface area contributed by atoms with Crippen LogP contribution in [0.5, 0.6) is 0 Å². The summed E-state index contributed by atoms with van der Waals surface area (Å²) in [5.74, 6) is -1.02. The van der Waals surface area contributed by atoms with Crippen molar-refractivity contribution in [2.24, 2.45) is 0 Å². The minimum absolute atomic E-state index is 0.308. The maximum atomic E-state index is 13.7. The van der Waals surface area contributed by atoms with Gasteiger partial charge in [0.2, 0.25) is 0 Å². The van der Waals surface area contributed by atoms with Gasteiger partial charge in [-0.1, -0.05) is 22.0 Å². The smallest absolute Gasteiger partial charge is 0.280 e. The molecule has 0 aliphatic carbocycles. The summed E-state index contributed by atoms with van der Waals surface area (Å²) < 4.78 is 77.8. The number of sulfonamides is 1. The van der Waals surface area contributed by atoms with Crippen LogP contribution in [0.3, 0.4) is 0 Å². The van der Waals surface area contributed by atoms with E-state index in [1.54, 1.807) is 0 Å². The Morgan fingerprint density at radius 3 is 2.32 bits per heavy atom. The van der Waals surface area contributed by atoms with Gasteiger partial charge in [-0.3, -0.25) is 4.72 Å². The molecule has 0 saturated carbocycles. The van der Waals surface area contributed by atoms with Crippen LogP contribution in [0.25, 0.3) is 0 Å². The molecule has 3 nitrogen and oxygen atoms in total. The van der Waals surface area contributed by atoms with Gasteiger partial charge in [-0.15, -0.1) is 0 Å². The highest BCUT2D eigenvalue weighted by atomic mass is 79.9. The van der Waals surface area contributed by atoms with Gasteiger partial charge < -0.3 is 0 Å². The molecule has 0 atom stereocenters. The topological polar surface area (TPSA) is 46.2 Å². The molecule has 0 saturated heterocycles. The predicted octanol–water partition coefficient (Wildman–Crippen LogP) is 4.41. The van der Waals surface area contributed by atoms with Crippen molar-refractivity contribution >= 4 is 31.6 Å². The van der Waals surface area contributed by atoms with Crippen LogP contribution in [0.2, 0.25) is 0 Å². The largest absolute Gasteiger partial charge is 0.416 e. The van der Waals surface area contributed by atoms with Crippen molar-refractivity contribution in [3.63, 3.8) is 0 Å². The first-order chi connectivity index (χ1) is 10.1. The number of halogens is 5. The summed E-state index contributed by atoms with van der Waals surface area (Å²) in [4.78, 5) is -0.659. The molecule has 0 bridgehead atoms. The zero-order chi connectivity index (χ0) is 16.5. The Morgan fingerprint density at radius 2 is 1.73 bits per heavy atom. The summed E-state index contributed by atoms with van der Waals surface area (Å²) in [5, 5.41) is 0. The molecule has 0 heterocycles. The van der Waals surface area contributed by atoms with Crippen LogP contribution in [0.1, 0.15) is 5.56 Å². The lowest BCUT2D eigenvalue weighted by molar-refractivity contribution is -0.137. The first-order valence-corrected chi connectivity index (χ1v) is 8.02. The Balaban J connectivity index is 2.37. The second-order valence-corrected chi connectivity index (χ2v) is 6.83. The molecular weight excluding hydrogens is 390 g/mol. The van der Waals surface area contributed by atoms with Gasteiger partial charge >= 0.3 is 6.18 Å². The highest BCUT2D eigenvalue weighted by molar-refractivity contribution is 9.10. The summed E-state index contributed by atoms with van der Waals surface area (Å²) in [7, 11) is -4.34. The van der Waals surface area contributed by atoms with Crippen molar-refractivity contribution in [2.75, 3.05) is 4.72 Å². The molecule has 2 aromatic carbocycles. The Bertz CT molecular complexity index is 806. The average Bonchev–Trinajstić information content (AvgIpc) is 2.36. The monoisotopic (exact) mass is 397 g/mol. The van der Waals surface area contributed by atoms with Crippen molar-refractivity contribution < 1.29 is 26.0 Å². The molecule has 0 amide bonds. The minimum atomic E-state index is -4.61. The fourth-order valence-electron chi connectivity index (χ4n) is 1.66. The van der Waals surface area contributed by atoms with Crippen molar-refractivity contribution in [1.82, 2.24) is 0 Å². The van der Waals surface area contributed by atoms with Crippen LogP contribution in [-0.4, -0.2) is 8.42 Å². The maximum absolute atomic E-state index is 13.7. The highest BCUT2D eigenvalue weighted by Gasteiger charge is 2.31. The van der Waals surface area contributed by atoms with E-state index in [0.717, 1.165) is 30.3 Å². The summed E-state index contributed by atoms with van der Waals surface area (Å²) in [6.07, 6.45) is -4.61. The zero-order valence-electron chi connectivity index (χ0n) is 10.7. The summed E-state index contributed by atoms with van der Waals surface area (Å²) in [5.41, 5.74) is -1.32. The van der Waals surface area contributed by atoms with Gasteiger partial charge in [0.25, 0.3) is 10.0 Å². The van der Waals surface area contributed by atoms with E-state index in [9.17, 15) is 26.0 Å². The first kappa shape index (κ1) is 16.8. The SMILES string of the molecule is O=S(=O)(Nc1cccc(C(F)(F)F)c1)c1ccc(Br)cc1F. The van der Waals surface area contributed by atoms with Gasteiger partial charge in [-0.25, -0.2) is 12.8 Å². The molecule has 2 rings (SSSR count). The van der Waals surface area contributed by atoms with E-state index in [0.29, 0.717) is 10.5 Å². The molecule has 0 unspecified atom stereocenters. The molecule has 1 N–H and O–H groups in total. The van der Waals surface area contributed by atoms with Gasteiger partial charge in [0, 0.05) is 10.2 Å². The van der Waals surface area contributed by atoms with Crippen LogP contribution in [0.15, 0.2) is 51.8 Å². The van der Waals surface area contributed by atoms with Crippen LogP contribution in [-0.2, 0) is 16.2 Å². The van der Waals surface area contributed by atoms with Crippen molar-refractivity contribution in [2.45, 2.75) is 11.1 Å². The van der Waals surface area contributed by atoms with Gasteiger partial charge in [-0.2, -0.15) is 13.2 Å². The van der Waals surface area contributed by atoms with E-state index in [2.05, 4.69) is 15.9 Å². The second kappa shape index (κ2) is 5.88. The van der Waals surface area contributed by atoms with Crippen molar-refractivity contribution in [3.8, 4) is 0 Å². The molecule has 2 aromatic rings. The van der Waals surface area contributed by atoms with E-state index in [4.69, 9.17) is 0 Å². The normalized spacial score (nSPS) is 12.2. The minimum Gasteiger partial charge on any atom is -0.280 e. The van der Waals surface area contributed by atoms with Crippen molar-refractivity contribution in [3.05, 3.63) is 58.3 Å². The highest BCUT2D eigenvalue weighted by Crippen LogP contribution is 2.31. The molecule has 0 spiro atoms. The number of hydrogen-bond donors (Lipinski definition) is 1. The number of alkyl halides is 3. The Morgan fingerprint density at radius 1 is 1.05 bits per heavy atom. The molecule has 9 heteroatoms. The third-order valence-electron chi connectivity index (χ3n) is 2.63. The summed E-state index contributed by atoms with van der Waals surface area (Å²) in [6, 6.07) is 6.90. The Hall–Kier alpha value is -1.61. The lowest BCUT2D eigenvalue weighted by Gasteiger charge is -2.11. The van der Waals surface area contributed by atoms with Crippen molar-refractivity contribution in [1.29, 1.82) is 0 Å². The molecule has 0 radical (unpaired) electrons. The van der Waals surface area contributed by atoms with E-state index in [-0.39, 0.29) is 5.69 Å². The number of hydrogen-bond acceptors (Lipinski definition) is 2. The molecule has 0 aromatic heterocycles. The Labute approximate surface area is 132 Å². The fourth-order valence-corrected chi connectivity index (χ4v) is 3.11. The second-order valence-electron chi connectivity index (χ2n) is 4.26. The number of benzene rings is 2. The molecular formula is C13H8BrF4NO2S. The van der Waals surface area contributed by atoms with E-state index in [1.165, 1.54) is 6.07 Å². The van der Waals surface area contributed by atoms with Gasteiger partial charge in [-0.05, 0) is 36.4 Å². The lowest BCUT2D eigenvalue weighted by atomic mass is 10.2. The number of rotatable bonds is 3. The molecule has 0 fully saturated rings. The predicted molar refractivity (Wildman–Crippen MR) is 76.4 cm³/mol. The molecule has 118 valence electrons. The lowest BCUT2D eigenvalue weighted by Crippen LogP contribution is -2.15. The average molecular weight is 398 g/mol. The maximum Gasteiger partial charge on any atom is 0.416 e. The standard InChI is InChI=1S/C13H8BrF4NO2S/c14-9-4-5-12(11(15)7-9)22(20,21)19-10-3-1-2-8(6-10)13(16,17)18/h1-7,19H. The van der Waals surface area contributed by atoms with Gasteiger partial charge in [0.05, 0.1) is 5.56 Å². The van der Waals surface area contributed by atoms with E-state index >= 15 is 0 Å². The van der Waals surface area contributed by atoms with Crippen LogP contribution in [0.4, 0.5) is 23.2 Å². The number of anilines is 1. The van der Waals surface area contributed by atoms with E-state index in [1.807, 2.05) is 4.72 Å². The van der Waals surface area contributed by atoms with Crippen LogP contribution < -0.4 is 4.72 Å². The quantitative estimate of drug-likeness (QED) is 0.779. The van der Waals surface area contributed by atoms with Gasteiger partial charge in [0.1, 0.15) is 10.7 Å². The third kappa shape index (κ3) is 3.77. The third-order valence-corrected chi connectivity index (χ3v) is 4.53. The molecule has 0 aliphatic rings. The molecule has 22 heavy (non-hydrogen) atoms. The first-order valence-electron chi connectivity index (χ1n) is 5.75. The van der Waals surface area contributed by atoms with Gasteiger partial charge in [0.15, 0.2) is 0 Å². The Kier molecular flexibility index (Phi) is 4.48.